The Bertz CT molecular complexity index is 689. The zero-order chi connectivity index (χ0) is 15.6. The first kappa shape index (κ1) is 15.3. The first-order chi connectivity index (χ1) is 9.93. The van der Waals surface area contributed by atoms with Crippen molar-refractivity contribution in [2.24, 2.45) is 5.92 Å². The van der Waals surface area contributed by atoms with Gasteiger partial charge in [0.05, 0.1) is 11.3 Å². The minimum atomic E-state index is 0.484. The van der Waals surface area contributed by atoms with Crippen LogP contribution < -0.4 is 0 Å². The summed E-state index contributed by atoms with van der Waals surface area (Å²) in [6.07, 6.45) is 0.836. The number of aryl methyl sites for hydroxylation is 2. The van der Waals surface area contributed by atoms with Crippen molar-refractivity contribution in [2.45, 2.75) is 41.0 Å². The number of pyridine rings is 1. The molecule has 21 heavy (non-hydrogen) atoms. The maximum Gasteiger partial charge on any atom is 0.102 e. The molecule has 1 aromatic heterocycles. The Balaban J connectivity index is 2.71. The molecule has 0 fully saturated rings. The van der Waals surface area contributed by atoms with Gasteiger partial charge in [-0.05, 0) is 44.2 Å². The normalized spacial score (nSPS) is 10.7. The molecule has 0 aliphatic carbocycles. The molecule has 0 saturated heterocycles. The molecular formula is C19H22N2. The van der Waals surface area contributed by atoms with Crippen LogP contribution in [-0.2, 0) is 6.42 Å². The van der Waals surface area contributed by atoms with Crippen LogP contribution in [0.2, 0.25) is 0 Å². The predicted molar refractivity (Wildman–Crippen MR) is 87.1 cm³/mol. The van der Waals surface area contributed by atoms with Gasteiger partial charge in [-0.1, -0.05) is 43.7 Å². The topological polar surface area (TPSA) is 36.7 Å². The van der Waals surface area contributed by atoms with Gasteiger partial charge in [0.2, 0.25) is 0 Å². The summed E-state index contributed by atoms with van der Waals surface area (Å²) in [5.74, 6) is 0.484. The van der Waals surface area contributed by atoms with E-state index in [0.29, 0.717) is 5.92 Å². The van der Waals surface area contributed by atoms with Crippen molar-refractivity contribution in [1.29, 1.82) is 5.26 Å². The highest BCUT2D eigenvalue weighted by Gasteiger charge is 2.17. The van der Waals surface area contributed by atoms with Gasteiger partial charge in [-0.15, -0.1) is 0 Å². The fraction of sp³-hybridized carbons (Fsp3) is 0.368. The monoisotopic (exact) mass is 278 g/mol. The van der Waals surface area contributed by atoms with Crippen LogP contribution >= 0.6 is 0 Å². The number of aromatic nitrogens is 1. The van der Waals surface area contributed by atoms with E-state index < -0.39 is 0 Å². The van der Waals surface area contributed by atoms with E-state index in [1.54, 1.807) is 0 Å². The largest absolute Gasteiger partial charge is 0.256 e. The predicted octanol–water partition coefficient (Wildman–Crippen LogP) is 4.74. The molecule has 2 nitrogen and oxygen atoms in total. The number of rotatable bonds is 3. The van der Waals surface area contributed by atoms with Crippen LogP contribution in [0.5, 0.6) is 0 Å². The van der Waals surface area contributed by atoms with Crippen LogP contribution in [0.3, 0.4) is 0 Å². The molecule has 0 N–H and O–H groups in total. The van der Waals surface area contributed by atoms with Gasteiger partial charge in [0.15, 0.2) is 0 Å². The molecule has 108 valence electrons. The van der Waals surface area contributed by atoms with Crippen molar-refractivity contribution in [2.75, 3.05) is 0 Å². The van der Waals surface area contributed by atoms with Gasteiger partial charge in [-0.2, -0.15) is 5.26 Å². The van der Waals surface area contributed by atoms with Gasteiger partial charge in [0.1, 0.15) is 6.07 Å². The standard InChI is InChI=1S/C19H22N2/c1-12(2)10-18-17(11-20)19(14(4)15(5)21-18)16-8-6-13(3)7-9-16/h6-9,12H,10H2,1-5H3. The highest BCUT2D eigenvalue weighted by atomic mass is 14.7. The minimum absolute atomic E-state index is 0.484. The number of nitrogens with zero attached hydrogens (tertiary/aromatic N) is 2. The Hall–Kier alpha value is -2.14. The summed E-state index contributed by atoms with van der Waals surface area (Å²) < 4.78 is 0. The maximum absolute atomic E-state index is 9.65. The fourth-order valence-electron chi connectivity index (χ4n) is 2.59. The molecule has 2 heteroatoms. The molecule has 2 aromatic rings. The van der Waals surface area contributed by atoms with Crippen LogP contribution in [0, 0.1) is 38.0 Å². The van der Waals surface area contributed by atoms with Gasteiger partial charge in [-0.25, -0.2) is 0 Å². The summed E-state index contributed by atoms with van der Waals surface area (Å²) in [6.45, 7) is 10.5. The summed E-state index contributed by atoms with van der Waals surface area (Å²) in [7, 11) is 0. The molecule has 0 atom stereocenters. The molecule has 0 amide bonds. The Morgan fingerprint density at radius 1 is 1.10 bits per heavy atom. The van der Waals surface area contributed by atoms with Crippen molar-refractivity contribution in [1.82, 2.24) is 4.98 Å². The van der Waals surface area contributed by atoms with Crippen LogP contribution in [0.4, 0.5) is 0 Å². The molecule has 0 radical (unpaired) electrons. The van der Waals surface area contributed by atoms with Crippen LogP contribution in [-0.4, -0.2) is 4.98 Å². The lowest BCUT2D eigenvalue weighted by Crippen LogP contribution is -2.06. The van der Waals surface area contributed by atoms with E-state index in [1.165, 1.54) is 5.56 Å². The van der Waals surface area contributed by atoms with E-state index in [1.807, 2.05) is 6.92 Å². The third-order valence-electron chi connectivity index (χ3n) is 3.81. The molecule has 0 unspecified atom stereocenters. The Labute approximate surface area is 127 Å². The van der Waals surface area contributed by atoms with E-state index >= 15 is 0 Å². The number of benzene rings is 1. The third-order valence-corrected chi connectivity index (χ3v) is 3.81. The van der Waals surface area contributed by atoms with Crippen LogP contribution in [0.25, 0.3) is 11.1 Å². The number of hydrogen-bond donors (Lipinski definition) is 0. The summed E-state index contributed by atoms with van der Waals surface area (Å²) in [5, 5.41) is 9.65. The van der Waals surface area contributed by atoms with Crippen molar-refractivity contribution in [3.8, 4) is 17.2 Å². The van der Waals surface area contributed by atoms with Gasteiger partial charge < -0.3 is 0 Å². The van der Waals surface area contributed by atoms with Gasteiger partial charge >= 0.3 is 0 Å². The summed E-state index contributed by atoms with van der Waals surface area (Å²) >= 11 is 0. The second-order valence-corrected chi connectivity index (χ2v) is 6.09. The molecule has 2 rings (SSSR count). The van der Waals surface area contributed by atoms with Crippen molar-refractivity contribution in [3.05, 3.63) is 52.3 Å². The Morgan fingerprint density at radius 3 is 2.24 bits per heavy atom. The Morgan fingerprint density at radius 2 is 1.71 bits per heavy atom. The Kier molecular flexibility index (Phi) is 4.43. The second kappa shape index (κ2) is 6.10. The van der Waals surface area contributed by atoms with Crippen LogP contribution in [0.15, 0.2) is 24.3 Å². The zero-order valence-electron chi connectivity index (χ0n) is 13.5. The molecule has 0 spiro atoms. The van der Waals surface area contributed by atoms with Gasteiger partial charge in [0.25, 0.3) is 0 Å². The molecule has 1 heterocycles. The van der Waals surface area contributed by atoms with Crippen molar-refractivity contribution < 1.29 is 0 Å². The molecule has 0 aliphatic heterocycles. The summed E-state index contributed by atoms with van der Waals surface area (Å²) in [4.78, 5) is 4.66. The zero-order valence-corrected chi connectivity index (χ0v) is 13.5. The summed E-state index contributed by atoms with van der Waals surface area (Å²) in [6, 6.07) is 10.8. The van der Waals surface area contributed by atoms with E-state index in [-0.39, 0.29) is 0 Å². The SMILES string of the molecule is Cc1ccc(-c2c(C)c(C)nc(CC(C)C)c2C#N)cc1. The third kappa shape index (κ3) is 3.13. The van der Waals surface area contributed by atoms with E-state index in [2.05, 4.69) is 63.0 Å². The average Bonchev–Trinajstić information content (AvgIpc) is 2.43. The minimum Gasteiger partial charge on any atom is -0.256 e. The molecule has 1 aromatic carbocycles. The highest BCUT2D eigenvalue weighted by Crippen LogP contribution is 2.31. The quantitative estimate of drug-likeness (QED) is 0.812. The second-order valence-electron chi connectivity index (χ2n) is 6.09. The van der Waals surface area contributed by atoms with Crippen LogP contribution in [0.1, 0.15) is 41.9 Å². The lowest BCUT2D eigenvalue weighted by atomic mass is 9.91. The number of hydrogen-bond acceptors (Lipinski definition) is 2. The first-order valence-electron chi connectivity index (χ1n) is 7.41. The van der Waals surface area contributed by atoms with E-state index in [4.69, 9.17) is 0 Å². The maximum atomic E-state index is 9.65. The van der Waals surface area contributed by atoms with Gasteiger partial charge in [0, 0.05) is 11.3 Å². The van der Waals surface area contributed by atoms with E-state index in [9.17, 15) is 5.26 Å². The highest BCUT2D eigenvalue weighted by molar-refractivity contribution is 5.75. The number of nitriles is 1. The lowest BCUT2D eigenvalue weighted by Gasteiger charge is -2.16. The van der Waals surface area contributed by atoms with E-state index in [0.717, 1.165) is 40.1 Å². The fourth-order valence-corrected chi connectivity index (χ4v) is 2.59. The molecular weight excluding hydrogens is 256 g/mol. The van der Waals surface area contributed by atoms with Crippen molar-refractivity contribution >= 4 is 0 Å². The lowest BCUT2D eigenvalue weighted by molar-refractivity contribution is 0.632. The van der Waals surface area contributed by atoms with Gasteiger partial charge in [-0.3, -0.25) is 4.98 Å². The smallest absolute Gasteiger partial charge is 0.102 e. The average molecular weight is 278 g/mol. The summed E-state index contributed by atoms with van der Waals surface area (Å²) in [5.41, 5.74) is 7.14. The molecule has 0 aliphatic rings. The van der Waals surface area contributed by atoms with Crippen molar-refractivity contribution in [3.63, 3.8) is 0 Å². The first-order valence-corrected chi connectivity index (χ1v) is 7.41. The molecule has 0 bridgehead atoms. The molecule has 0 saturated carbocycles.